The Kier molecular flexibility index (Phi) is 8.67. The van der Waals surface area contributed by atoms with Crippen LogP contribution in [0.3, 0.4) is 0 Å². The summed E-state index contributed by atoms with van der Waals surface area (Å²) < 4.78 is 81.4. The van der Waals surface area contributed by atoms with Crippen LogP contribution in [0.2, 0.25) is 10.0 Å². The number of hydrogen-bond acceptors (Lipinski definition) is 9. The molecule has 1 aromatic carbocycles. The Morgan fingerprint density at radius 3 is 1.74 bits per heavy atom. The van der Waals surface area contributed by atoms with Gasteiger partial charge in [-0.3, -0.25) is 29.2 Å². The van der Waals surface area contributed by atoms with Crippen molar-refractivity contribution in [2.24, 2.45) is 29.6 Å². The molecule has 0 spiro atoms. The van der Waals surface area contributed by atoms with Crippen molar-refractivity contribution in [2.45, 2.75) is 31.1 Å². The number of hydrogen-bond donors (Lipinski definition) is 1. The summed E-state index contributed by atoms with van der Waals surface area (Å²) in [6.07, 6.45) is -8.21. The van der Waals surface area contributed by atoms with Crippen LogP contribution in [0, 0.1) is 29.6 Å². The molecule has 19 heteroatoms. The lowest BCUT2D eigenvalue weighted by Crippen LogP contribution is -2.46. The maximum Gasteiger partial charge on any atom is 0.433 e. The van der Waals surface area contributed by atoms with Crippen LogP contribution in [-0.4, -0.2) is 62.8 Å². The maximum atomic E-state index is 14.3. The first-order chi connectivity index (χ1) is 24.8. The van der Waals surface area contributed by atoms with E-state index in [-0.39, 0.29) is 28.6 Å². The molecular formula is C34H26Cl2F6N6O5. The second-order valence-corrected chi connectivity index (χ2v) is 14.0. The molecule has 2 aromatic heterocycles. The standard InChI is InChI=1S/C34H26Cl2F6N6O5/c1-45(27-20(35)8-10-22(43-27)33(37,38)39)47-29(50)17-7-6-16-18(25(17)31(47)52)13-19-26(24(16)14-4-3-5-15(49)12-14)32(53)48(30(19)51)46(2)28-21(36)9-11-23(44-28)34(40,41)42/h3-6,8-12,17-19,24-26,49H,7,13H2,1-2H3. The maximum absolute atomic E-state index is 14.3. The highest BCUT2D eigenvalue weighted by Crippen LogP contribution is 2.58. The fourth-order valence-electron chi connectivity index (χ4n) is 8.06. The molecule has 2 aliphatic carbocycles. The van der Waals surface area contributed by atoms with Crippen molar-refractivity contribution in [1.29, 1.82) is 0 Å². The SMILES string of the molecule is CN(c1nc(C(F)(F)F)ccc1Cl)N1C(=O)C2CC=C3C(CC4C(=O)N(N(C)c5nc(C(F)(F)F)ccc5Cl)C(=O)C4C3c3cccc(O)c3)C2C1=O. The van der Waals surface area contributed by atoms with E-state index in [0.29, 0.717) is 33.3 Å². The van der Waals surface area contributed by atoms with Crippen LogP contribution in [0.4, 0.5) is 38.0 Å². The van der Waals surface area contributed by atoms with Crippen molar-refractivity contribution < 1.29 is 50.6 Å². The van der Waals surface area contributed by atoms with Crippen molar-refractivity contribution in [3.8, 4) is 5.75 Å². The van der Waals surface area contributed by atoms with Crippen molar-refractivity contribution >= 4 is 58.5 Å². The second-order valence-electron chi connectivity index (χ2n) is 13.1. The number of aromatic nitrogens is 2. The fourth-order valence-corrected chi connectivity index (χ4v) is 8.52. The third kappa shape index (κ3) is 5.84. The quantitative estimate of drug-likeness (QED) is 0.181. The summed E-state index contributed by atoms with van der Waals surface area (Å²) in [5.41, 5.74) is -1.72. The first-order valence-electron chi connectivity index (χ1n) is 16.0. The van der Waals surface area contributed by atoms with Gasteiger partial charge in [-0.05, 0) is 60.7 Å². The number of alkyl halides is 6. The van der Waals surface area contributed by atoms with Crippen molar-refractivity contribution in [2.75, 3.05) is 24.1 Å². The molecule has 1 saturated carbocycles. The Balaban J connectivity index is 1.28. The van der Waals surface area contributed by atoms with Crippen LogP contribution >= 0.6 is 23.2 Å². The minimum Gasteiger partial charge on any atom is -0.508 e. The summed E-state index contributed by atoms with van der Waals surface area (Å²) in [4.78, 5) is 63.9. The smallest absolute Gasteiger partial charge is 0.433 e. The van der Waals surface area contributed by atoms with E-state index in [1.807, 2.05) is 0 Å². The summed E-state index contributed by atoms with van der Waals surface area (Å²) in [5.74, 6) is -10.6. The van der Waals surface area contributed by atoms with Crippen LogP contribution in [0.1, 0.15) is 35.7 Å². The summed E-state index contributed by atoms with van der Waals surface area (Å²) in [7, 11) is 2.33. The van der Waals surface area contributed by atoms with Gasteiger partial charge in [-0.25, -0.2) is 9.97 Å². The number of carbonyl (C=O) groups is 4. The van der Waals surface area contributed by atoms with E-state index in [4.69, 9.17) is 23.2 Å². The number of nitrogens with zero attached hydrogens (tertiary/aromatic N) is 6. The summed E-state index contributed by atoms with van der Waals surface area (Å²) in [5, 5.41) is 12.9. The van der Waals surface area contributed by atoms with E-state index in [1.54, 1.807) is 12.1 Å². The lowest BCUT2D eigenvalue weighted by molar-refractivity contribution is -0.143. The van der Waals surface area contributed by atoms with Gasteiger partial charge in [0.2, 0.25) is 0 Å². The van der Waals surface area contributed by atoms with Gasteiger partial charge in [0.1, 0.15) is 17.1 Å². The molecule has 11 nitrogen and oxygen atoms in total. The van der Waals surface area contributed by atoms with Crippen LogP contribution in [0.25, 0.3) is 0 Å². The van der Waals surface area contributed by atoms with E-state index in [2.05, 4.69) is 9.97 Å². The molecule has 1 N–H and O–H groups in total. The Hall–Kier alpha value is -4.90. The molecular weight excluding hydrogens is 757 g/mol. The lowest BCUT2D eigenvalue weighted by Gasteiger charge is -2.43. The average molecular weight is 784 g/mol. The molecule has 3 aromatic rings. The number of hydrazine groups is 2. The molecule has 7 rings (SSSR count). The number of rotatable bonds is 5. The van der Waals surface area contributed by atoms with E-state index in [0.717, 1.165) is 29.2 Å². The number of fused-ring (bicyclic) bond motifs is 4. The van der Waals surface area contributed by atoms with Gasteiger partial charge in [-0.15, -0.1) is 0 Å². The average Bonchev–Trinajstić information content (AvgIpc) is 3.49. The summed E-state index contributed by atoms with van der Waals surface area (Å²) >= 11 is 12.4. The molecule has 3 fully saturated rings. The second kappa shape index (κ2) is 12.6. The normalized spacial score (nSPS) is 25.7. The van der Waals surface area contributed by atoms with Gasteiger partial charge >= 0.3 is 12.4 Å². The van der Waals surface area contributed by atoms with Crippen molar-refractivity contribution in [3.63, 3.8) is 0 Å². The number of phenolic OH excluding ortho intramolecular Hbond substituents is 1. The number of benzene rings is 1. The third-order valence-corrected chi connectivity index (χ3v) is 10.9. The molecule has 4 heterocycles. The molecule has 4 aliphatic rings. The van der Waals surface area contributed by atoms with Crippen molar-refractivity contribution in [3.05, 3.63) is 87.2 Å². The van der Waals surface area contributed by atoms with E-state index in [1.165, 1.54) is 25.2 Å². The third-order valence-electron chi connectivity index (χ3n) is 10.3. The summed E-state index contributed by atoms with van der Waals surface area (Å²) in [6.45, 7) is 0. The van der Waals surface area contributed by atoms with E-state index < -0.39 is 94.5 Å². The molecule has 53 heavy (non-hydrogen) atoms. The zero-order valence-corrected chi connectivity index (χ0v) is 28.9. The molecule has 2 saturated heterocycles. The number of aromatic hydroxyl groups is 1. The van der Waals surface area contributed by atoms with Crippen LogP contribution in [0.5, 0.6) is 5.75 Å². The van der Waals surface area contributed by atoms with Gasteiger partial charge in [0, 0.05) is 20.0 Å². The number of pyridine rings is 2. The Morgan fingerprint density at radius 1 is 0.717 bits per heavy atom. The topological polar surface area (TPSA) is 127 Å². The molecule has 0 bridgehead atoms. The van der Waals surface area contributed by atoms with Crippen LogP contribution < -0.4 is 10.0 Å². The van der Waals surface area contributed by atoms with E-state index >= 15 is 0 Å². The summed E-state index contributed by atoms with van der Waals surface area (Å²) in [6, 6.07) is 9.07. The zero-order valence-electron chi connectivity index (χ0n) is 27.4. The van der Waals surface area contributed by atoms with Crippen molar-refractivity contribution in [1.82, 2.24) is 20.0 Å². The van der Waals surface area contributed by atoms with Gasteiger partial charge in [-0.2, -0.15) is 36.4 Å². The predicted molar refractivity (Wildman–Crippen MR) is 175 cm³/mol. The van der Waals surface area contributed by atoms with Gasteiger partial charge in [-0.1, -0.05) is 47.0 Å². The molecule has 6 unspecified atom stereocenters. The Labute approximate surface area is 306 Å². The fraction of sp³-hybridized carbons (Fsp3) is 0.353. The number of imide groups is 2. The number of amides is 4. The minimum absolute atomic E-state index is 0.0165. The molecule has 6 atom stereocenters. The Bertz CT molecular complexity index is 2110. The highest BCUT2D eigenvalue weighted by atomic mass is 35.5. The zero-order chi connectivity index (χ0) is 38.5. The van der Waals surface area contributed by atoms with Gasteiger partial charge in [0.05, 0.1) is 33.7 Å². The predicted octanol–water partition coefficient (Wildman–Crippen LogP) is 6.27. The van der Waals surface area contributed by atoms with E-state index in [9.17, 15) is 50.6 Å². The number of halogens is 8. The number of carbonyl (C=O) groups excluding carboxylic acids is 4. The largest absolute Gasteiger partial charge is 0.508 e. The van der Waals surface area contributed by atoms with Gasteiger partial charge in [0.15, 0.2) is 11.6 Å². The minimum atomic E-state index is -4.87. The first kappa shape index (κ1) is 36.5. The molecule has 278 valence electrons. The monoisotopic (exact) mass is 782 g/mol. The van der Waals surface area contributed by atoms with Gasteiger partial charge < -0.3 is 5.11 Å². The van der Waals surface area contributed by atoms with Crippen LogP contribution in [-0.2, 0) is 31.5 Å². The highest BCUT2D eigenvalue weighted by Gasteiger charge is 2.63. The molecule has 0 radical (unpaired) electrons. The lowest BCUT2D eigenvalue weighted by atomic mass is 9.57. The number of allylic oxidation sites excluding steroid dienone is 2. The number of phenols is 1. The highest BCUT2D eigenvalue weighted by molar-refractivity contribution is 6.33. The Morgan fingerprint density at radius 2 is 1.23 bits per heavy atom. The molecule has 4 amide bonds. The number of anilines is 2. The van der Waals surface area contributed by atoms with Crippen LogP contribution in [0.15, 0.2) is 60.2 Å². The van der Waals surface area contributed by atoms with Gasteiger partial charge in [0.25, 0.3) is 23.6 Å². The first-order valence-corrected chi connectivity index (χ1v) is 16.8. The molecule has 2 aliphatic heterocycles.